The van der Waals surface area contributed by atoms with Crippen molar-refractivity contribution < 1.29 is 19.1 Å². The summed E-state index contributed by atoms with van der Waals surface area (Å²) in [4.78, 5) is 27.3. The molecule has 0 aliphatic carbocycles. The number of piperazine rings is 1. The number of nitrogens with zero attached hydrogens (tertiary/aromatic N) is 2. The third-order valence-electron chi connectivity index (χ3n) is 5.39. The van der Waals surface area contributed by atoms with Crippen LogP contribution in [-0.4, -0.2) is 41.0 Å². The molecule has 0 spiro atoms. The number of hydrogen-bond donors (Lipinski definition) is 1. The molecule has 1 aliphatic heterocycles. The Morgan fingerprint density at radius 2 is 1.74 bits per heavy atom. The molecule has 0 radical (unpaired) electrons. The number of carbonyl (C=O) groups is 2. The first-order valence-corrected chi connectivity index (χ1v) is 10.9. The lowest BCUT2D eigenvalue weighted by molar-refractivity contribution is -0.144. The average molecular weight is 467 g/mol. The number of aliphatic carboxylic acids is 1. The van der Waals surface area contributed by atoms with Gasteiger partial charge in [-0.25, -0.2) is 4.39 Å². The van der Waals surface area contributed by atoms with Crippen molar-refractivity contribution in [2.75, 3.05) is 18.0 Å². The Morgan fingerprint density at radius 3 is 2.32 bits per heavy atom. The fourth-order valence-corrected chi connectivity index (χ4v) is 4.44. The van der Waals surface area contributed by atoms with Gasteiger partial charge in [0, 0.05) is 29.2 Å². The van der Waals surface area contributed by atoms with Gasteiger partial charge in [0.15, 0.2) is 0 Å². The van der Waals surface area contributed by atoms with Gasteiger partial charge in [0.1, 0.15) is 12.2 Å². The van der Waals surface area contributed by atoms with Crippen LogP contribution in [0.25, 0.3) is 0 Å². The summed E-state index contributed by atoms with van der Waals surface area (Å²) in [6.45, 7) is 4.68. The number of carbonyl (C=O) groups excluding carboxylic acids is 1. The maximum atomic E-state index is 15.0. The highest BCUT2D eigenvalue weighted by Crippen LogP contribution is 2.38. The first-order chi connectivity index (χ1) is 14.7. The number of amides is 1. The second-order valence-electron chi connectivity index (χ2n) is 8.22. The van der Waals surface area contributed by atoms with E-state index in [9.17, 15) is 9.59 Å². The number of halogens is 3. The number of anilines is 1. The maximum absolute atomic E-state index is 15.0. The Kier molecular flexibility index (Phi) is 7.44. The van der Waals surface area contributed by atoms with E-state index in [1.807, 2.05) is 17.0 Å². The van der Waals surface area contributed by atoms with Crippen LogP contribution in [0.4, 0.5) is 10.1 Å². The van der Waals surface area contributed by atoms with E-state index >= 15 is 4.39 Å². The molecule has 3 rings (SSSR count). The molecule has 1 amide bonds. The summed E-state index contributed by atoms with van der Waals surface area (Å²) >= 11 is 12.0. The van der Waals surface area contributed by atoms with E-state index in [0.29, 0.717) is 28.7 Å². The van der Waals surface area contributed by atoms with E-state index in [4.69, 9.17) is 28.3 Å². The summed E-state index contributed by atoms with van der Waals surface area (Å²) < 4.78 is 15.0. The molecule has 2 aromatic carbocycles. The van der Waals surface area contributed by atoms with Crippen LogP contribution in [0.1, 0.15) is 38.3 Å². The Labute approximate surface area is 191 Å². The van der Waals surface area contributed by atoms with Gasteiger partial charge in [-0.3, -0.25) is 9.59 Å². The molecule has 0 aromatic heterocycles. The number of rotatable bonds is 6. The first-order valence-electron chi connectivity index (χ1n) is 10.1. The minimum Gasteiger partial charge on any atom is -0.481 e. The highest BCUT2D eigenvalue weighted by atomic mass is 35.5. The fraction of sp³-hybridized carbons (Fsp3) is 0.391. The summed E-state index contributed by atoms with van der Waals surface area (Å²) in [5, 5.41) is 9.97. The molecular formula is C23H25Cl2FN2O3. The zero-order valence-electron chi connectivity index (χ0n) is 17.4. The van der Waals surface area contributed by atoms with Crippen LogP contribution >= 0.6 is 23.2 Å². The standard InChI is InChI=1S/C23H25Cl2FN2O3/c1-14(2)9-18-12-27(22(29)11-23(30)31)13-21(15-3-5-16(24)6-4-15)28(18)20-8-7-17(25)10-19(20)26/h3-8,10,14,18,21H,9,11-13H2,1-2H3,(H,30,31). The van der Waals surface area contributed by atoms with Crippen molar-refractivity contribution in [3.05, 3.63) is 63.9 Å². The van der Waals surface area contributed by atoms with Gasteiger partial charge in [0.25, 0.3) is 0 Å². The van der Waals surface area contributed by atoms with Crippen molar-refractivity contribution in [1.29, 1.82) is 0 Å². The molecule has 2 unspecified atom stereocenters. The van der Waals surface area contributed by atoms with Gasteiger partial charge in [-0.15, -0.1) is 0 Å². The number of benzene rings is 2. The van der Waals surface area contributed by atoms with E-state index in [1.165, 1.54) is 6.07 Å². The van der Waals surface area contributed by atoms with Crippen LogP contribution in [0.15, 0.2) is 42.5 Å². The Balaban J connectivity index is 2.08. The molecule has 1 saturated heterocycles. The van der Waals surface area contributed by atoms with Crippen LogP contribution in [0.2, 0.25) is 10.0 Å². The van der Waals surface area contributed by atoms with Crippen molar-refractivity contribution in [2.45, 2.75) is 38.8 Å². The van der Waals surface area contributed by atoms with Crippen molar-refractivity contribution >= 4 is 40.8 Å². The highest BCUT2D eigenvalue weighted by Gasteiger charge is 2.39. The molecule has 166 valence electrons. The van der Waals surface area contributed by atoms with Gasteiger partial charge in [-0.2, -0.15) is 0 Å². The van der Waals surface area contributed by atoms with Gasteiger partial charge < -0.3 is 14.9 Å². The third kappa shape index (κ3) is 5.69. The molecule has 1 fully saturated rings. The minimum absolute atomic E-state index is 0.206. The molecule has 31 heavy (non-hydrogen) atoms. The molecule has 8 heteroatoms. The molecule has 0 bridgehead atoms. The largest absolute Gasteiger partial charge is 0.481 e. The minimum atomic E-state index is -1.17. The predicted molar refractivity (Wildman–Crippen MR) is 120 cm³/mol. The van der Waals surface area contributed by atoms with E-state index < -0.39 is 24.1 Å². The SMILES string of the molecule is CC(C)CC1CN(C(=O)CC(=O)O)CC(c2ccc(Cl)cc2)N1c1ccc(Cl)cc1F. The van der Waals surface area contributed by atoms with Gasteiger partial charge in [0.05, 0.1) is 11.7 Å². The first kappa shape index (κ1) is 23.4. The van der Waals surface area contributed by atoms with Crippen LogP contribution in [-0.2, 0) is 9.59 Å². The van der Waals surface area contributed by atoms with E-state index in [2.05, 4.69) is 13.8 Å². The van der Waals surface area contributed by atoms with Crippen molar-refractivity contribution in [3.8, 4) is 0 Å². The van der Waals surface area contributed by atoms with Gasteiger partial charge >= 0.3 is 5.97 Å². The predicted octanol–water partition coefficient (Wildman–Crippen LogP) is 5.41. The van der Waals surface area contributed by atoms with E-state index in [0.717, 1.165) is 5.56 Å². The zero-order chi connectivity index (χ0) is 22.7. The monoisotopic (exact) mass is 466 g/mol. The molecule has 1 N–H and O–H groups in total. The molecular weight excluding hydrogens is 442 g/mol. The van der Waals surface area contributed by atoms with Crippen LogP contribution in [0.3, 0.4) is 0 Å². The summed E-state index contributed by atoms with van der Waals surface area (Å²) in [6.07, 6.45) is 0.125. The van der Waals surface area contributed by atoms with E-state index in [-0.39, 0.29) is 24.5 Å². The molecule has 0 saturated carbocycles. The number of carboxylic acids is 1. The van der Waals surface area contributed by atoms with Crippen LogP contribution in [0.5, 0.6) is 0 Å². The van der Waals surface area contributed by atoms with Gasteiger partial charge in [-0.1, -0.05) is 49.2 Å². The second kappa shape index (κ2) is 9.88. The van der Waals surface area contributed by atoms with E-state index in [1.54, 1.807) is 29.2 Å². The van der Waals surface area contributed by atoms with Crippen molar-refractivity contribution in [1.82, 2.24) is 4.90 Å². The summed E-state index contributed by atoms with van der Waals surface area (Å²) in [5.74, 6) is -1.77. The zero-order valence-corrected chi connectivity index (χ0v) is 18.9. The quantitative estimate of drug-likeness (QED) is 0.577. The average Bonchev–Trinajstić information content (AvgIpc) is 2.68. The lowest BCUT2D eigenvalue weighted by Gasteiger charge is -2.49. The van der Waals surface area contributed by atoms with Crippen LogP contribution < -0.4 is 4.90 Å². The Bertz CT molecular complexity index is 952. The summed E-state index contributed by atoms with van der Waals surface area (Å²) in [6, 6.07) is 11.2. The smallest absolute Gasteiger partial charge is 0.312 e. The van der Waals surface area contributed by atoms with Crippen LogP contribution in [0, 0.1) is 11.7 Å². The fourth-order valence-electron chi connectivity index (χ4n) is 4.15. The Morgan fingerprint density at radius 1 is 1.10 bits per heavy atom. The van der Waals surface area contributed by atoms with Crippen molar-refractivity contribution in [3.63, 3.8) is 0 Å². The van der Waals surface area contributed by atoms with Gasteiger partial charge in [-0.05, 0) is 48.2 Å². The number of carboxylic acid groups (broad SMARTS) is 1. The van der Waals surface area contributed by atoms with Gasteiger partial charge in [0.2, 0.25) is 5.91 Å². The second-order valence-corrected chi connectivity index (χ2v) is 9.10. The highest BCUT2D eigenvalue weighted by molar-refractivity contribution is 6.30. The molecule has 1 aliphatic rings. The maximum Gasteiger partial charge on any atom is 0.312 e. The lowest BCUT2D eigenvalue weighted by atomic mass is 9.92. The molecule has 1 heterocycles. The third-order valence-corrected chi connectivity index (χ3v) is 5.88. The number of hydrogen-bond acceptors (Lipinski definition) is 3. The summed E-state index contributed by atoms with van der Waals surface area (Å²) in [7, 11) is 0. The molecule has 2 aromatic rings. The molecule has 5 nitrogen and oxygen atoms in total. The van der Waals surface area contributed by atoms with Crippen molar-refractivity contribution in [2.24, 2.45) is 5.92 Å². The summed E-state index contributed by atoms with van der Waals surface area (Å²) in [5.41, 5.74) is 1.26. The lowest BCUT2D eigenvalue weighted by Crippen LogP contribution is -2.57. The Hall–Kier alpha value is -2.31. The molecule has 2 atom stereocenters. The topological polar surface area (TPSA) is 60.9 Å². The normalized spacial score (nSPS) is 19.0.